The Bertz CT molecular complexity index is 732. The smallest absolute Gasteiger partial charge is 0.331 e. The third kappa shape index (κ3) is 7.37. The highest BCUT2D eigenvalue weighted by molar-refractivity contribution is 9.10. The van der Waals surface area contributed by atoms with E-state index in [1.165, 1.54) is 24.2 Å². The van der Waals surface area contributed by atoms with Crippen molar-refractivity contribution in [1.29, 1.82) is 10.5 Å². The van der Waals surface area contributed by atoms with Crippen LogP contribution in [0.5, 0.6) is 5.75 Å². The Morgan fingerprint density at radius 2 is 1.88 bits per heavy atom. The molecule has 0 heterocycles. The Morgan fingerprint density at radius 1 is 1.23 bits per heavy atom. The van der Waals surface area contributed by atoms with Gasteiger partial charge < -0.3 is 14.4 Å². The molecule has 1 amide bonds. The number of hydrogen-bond acceptors (Lipinski definition) is 6. The highest BCUT2D eigenvalue weighted by Crippen LogP contribution is 2.24. The van der Waals surface area contributed by atoms with Gasteiger partial charge in [-0.2, -0.15) is 10.5 Å². The first kappa shape index (κ1) is 21.2. The molecule has 26 heavy (non-hydrogen) atoms. The first-order valence-electron chi connectivity index (χ1n) is 7.72. The summed E-state index contributed by atoms with van der Waals surface area (Å²) in [5.41, 5.74) is 0.676. The number of amides is 1. The van der Waals surface area contributed by atoms with Gasteiger partial charge in [-0.1, -0.05) is 15.9 Å². The number of ether oxygens (including phenoxy) is 2. The Kier molecular flexibility index (Phi) is 9.52. The molecule has 0 aliphatic carbocycles. The van der Waals surface area contributed by atoms with Gasteiger partial charge in [-0.25, -0.2) is 4.79 Å². The molecule has 0 unspecified atom stereocenters. The van der Waals surface area contributed by atoms with Crippen molar-refractivity contribution in [2.24, 2.45) is 0 Å². The number of nitrogens with zero attached hydrogens (tertiary/aromatic N) is 3. The topological polar surface area (TPSA) is 103 Å². The predicted molar refractivity (Wildman–Crippen MR) is 97.7 cm³/mol. The van der Waals surface area contributed by atoms with E-state index in [1.807, 2.05) is 18.2 Å². The number of benzene rings is 1. The van der Waals surface area contributed by atoms with E-state index >= 15 is 0 Å². The minimum atomic E-state index is -0.680. The average Bonchev–Trinajstić information content (AvgIpc) is 2.64. The van der Waals surface area contributed by atoms with Crippen LogP contribution >= 0.6 is 15.9 Å². The standard InChI is InChI=1S/C18H18BrN3O4/c1-25-16-6-5-15(19)12-14(16)4-7-18(24)26-13-17(23)22(10-2-8-20)11-3-9-21/h4-7,12H,2-3,10-11,13H2,1H3/b7-4+. The largest absolute Gasteiger partial charge is 0.496 e. The van der Waals surface area contributed by atoms with Crippen LogP contribution in [0, 0.1) is 22.7 Å². The van der Waals surface area contributed by atoms with Crippen molar-refractivity contribution in [1.82, 2.24) is 4.90 Å². The van der Waals surface area contributed by atoms with Crippen LogP contribution in [-0.2, 0) is 14.3 Å². The third-order valence-corrected chi connectivity index (χ3v) is 3.76. The molecule has 0 spiro atoms. The zero-order valence-corrected chi connectivity index (χ0v) is 15.9. The Labute approximate surface area is 160 Å². The number of nitriles is 2. The summed E-state index contributed by atoms with van der Waals surface area (Å²) in [5, 5.41) is 17.2. The van der Waals surface area contributed by atoms with Crippen molar-refractivity contribution in [3.63, 3.8) is 0 Å². The fraction of sp³-hybridized carbons (Fsp3) is 0.333. The van der Waals surface area contributed by atoms with Crippen LogP contribution < -0.4 is 4.74 Å². The second kappa shape index (κ2) is 11.7. The van der Waals surface area contributed by atoms with E-state index in [0.717, 1.165) is 4.47 Å². The molecule has 1 rings (SSSR count). The van der Waals surface area contributed by atoms with Gasteiger partial charge in [0.1, 0.15) is 5.75 Å². The quantitative estimate of drug-likeness (QED) is 0.450. The van der Waals surface area contributed by atoms with Gasteiger partial charge in [0.15, 0.2) is 6.61 Å². The van der Waals surface area contributed by atoms with Crippen molar-refractivity contribution >= 4 is 33.9 Å². The molecule has 0 aliphatic rings. The fourth-order valence-corrected chi connectivity index (χ4v) is 2.38. The third-order valence-electron chi connectivity index (χ3n) is 3.27. The Morgan fingerprint density at radius 3 is 2.46 bits per heavy atom. The van der Waals surface area contributed by atoms with Gasteiger partial charge >= 0.3 is 5.97 Å². The van der Waals surface area contributed by atoms with Crippen molar-refractivity contribution in [2.45, 2.75) is 12.8 Å². The van der Waals surface area contributed by atoms with Crippen LogP contribution in [-0.4, -0.2) is 43.6 Å². The van der Waals surface area contributed by atoms with Crippen LogP contribution in [0.2, 0.25) is 0 Å². The zero-order valence-electron chi connectivity index (χ0n) is 14.3. The van der Waals surface area contributed by atoms with E-state index in [9.17, 15) is 9.59 Å². The SMILES string of the molecule is COc1ccc(Br)cc1/C=C/C(=O)OCC(=O)N(CCC#N)CCC#N. The molecule has 8 heteroatoms. The summed E-state index contributed by atoms with van der Waals surface area (Å²) in [4.78, 5) is 25.2. The van der Waals surface area contributed by atoms with Crippen molar-refractivity contribution in [3.05, 3.63) is 34.3 Å². The van der Waals surface area contributed by atoms with Gasteiger partial charge in [0.25, 0.3) is 5.91 Å². The number of halogens is 1. The van der Waals surface area contributed by atoms with E-state index in [-0.39, 0.29) is 25.9 Å². The Hall–Kier alpha value is -2.84. The lowest BCUT2D eigenvalue weighted by Gasteiger charge is -2.19. The van der Waals surface area contributed by atoms with Crippen LogP contribution in [0.3, 0.4) is 0 Å². The van der Waals surface area contributed by atoms with Crippen molar-refractivity contribution in [3.8, 4) is 17.9 Å². The first-order chi connectivity index (χ1) is 12.5. The normalized spacial score (nSPS) is 10.0. The maximum atomic E-state index is 12.1. The van der Waals surface area contributed by atoms with Crippen LogP contribution in [0.25, 0.3) is 6.08 Å². The number of hydrogen-bond donors (Lipinski definition) is 0. The van der Waals surface area contributed by atoms with Gasteiger partial charge in [-0.05, 0) is 24.3 Å². The molecular formula is C18H18BrN3O4. The van der Waals surface area contributed by atoms with Crippen molar-refractivity contribution < 1.29 is 19.1 Å². The summed E-state index contributed by atoms with van der Waals surface area (Å²) < 4.78 is 11.0. The molecular weight excluding hydrogens is 402 g/mol. The van der Waals surface area contributed by atoms with Crippen LogP contribution in [0.1, 0.15) is 18.4 Å². The summed E-state index contributed by atoms with van der Waals surface area (Å²) in [6.45, 7) is -0.0606. The molecule has 1 aromatic carbocycles. The molecule has 0 bridgehead atoms. The first-order valence-corrected chi connectivity index (χ1v) is 8.51. The van der Waals surface area contributed by atoms with E-state index < -0.39 is 18.5 Å². The lowest BCUT2D eigenvalue weighted by Crippen LogP contribution is -2.36. The second-order valence-corrected chi connectivity index (χ2v) is 5.94. The lowest BCUT2D eigenvalue weighted by molar-refractivity contribution is -0.148. The molecule has 136 valence electrons. The molecule has 0 saturated carbocycles. The highest BCUT2D eigenvalue weighted by atomic mass is 79.9. The molecule has 0 saturated heterocycles. The van der Waals surface area contributed by atoms with E-state index in [1.54, 1.807) is 12.1 Å². The molecule has 0 fully saturated rings. The molecule has 1 aromatic rings. The summed E-state index contributed by atoms with van der Waals surface area (Å²) in [5.74, 6) is -0.536. The van der Waals surface area contributed by atoms with E-state index in [0.29, 0.717) is 11.3 Å². The molecule has 0 radical (unpaired) electrons. The molecule has 7 nitrogen and oxygen atoms in total. The van der Waals surface area contributed by atoms with E-state index in [4.69, 9.17) is 20.0 Å². The van der Waals surface area contributed by atoms with Crippen LogP contribution in [0.15, 0.2) is 28.7 Å². The maximum Gasteiger partial charge on any atom is 0.331 e. The summed E-state index contributed by atoms with van der Waals surface area (Å²) >= 11 is 3.34. The number of methoxy groups -OCH3 is 1. The molecule has 0 aromatic heterocycles. The summed E-state index contributed by atoms with van der Waals surface area (Å²) in [6, 6.07) is 9.21. The van der Waals surface area contributed by atoms with Crippen molar-refractivity contribution in [2.75, 3.05) is 26.8 Å². The lowest BCUT2D eigenvalue weighted by atomic mass is 10.2. The van der Waals surface area contributed by atoms with Gasteiger partial charge in [0, 0.05) is 29.2 Å². The fourth-order valence-electron chi connectivity index (χ4n) is 2.00. The predicted octanol–water partition coefficient (Wildman–Crippen LogP) is 2.67. The Balaban J connectivity index is 2.62. The van der Waals surface area contributed by atoms with Gasteiger partial charge in [0.05, 0.1) is 32.1 Å². The summed E-state index contributed by atoms with van der Waals surface area (Å²) in [6.07, 6.45) is 3.02. The van der Waals surface area contributed by atoms with Gasteiger partial charge in [-0.3, -0.25) is 4.79 Å². The minimum absolute atomic E-state index is 0.147. The second-order valence-electron chi connectivity index (χ2n) is 5.02. The molecule has 0 atom stereocenters. The summed E-state index contributed by atoms with van der Waals surface area (Å²) in [7, 11) is 1.52. The molecule has 0 N–H and O–H groups in total. The van der Waals surface area contributed by atoms with E-state index in [2.05, 4.69) is 15.9 Å². The van der Waals surface area contributed by atoms with Gasteiger partial charge in [0.2, 0.25) is 0 Å². The highest BCUT2D eigenvalue weighted by Gasteiger charge is 2.14. The number of rotatable bonds is 9. The van der Waals surface area contributed by atoms with Crippen LogP contribution in [0.4, 0.5) is 0 Å². The van der Waals surface area contributed by atoms with Gasteiger partial charge in [-0.15, -0.1) is 0 Å². The number of esters is 1. The minimum Gasteiger partial charge on any atom is -0.496 e. The zero-order chi connectivity index (χ0) is 19.4. The number of carbonyl (C=O) groups is 2. The maximum absolute atomic E-state index is 12.1. The monoisotopic (exact) mass is 419 g/mol. The molecule has 0 aliphatic heterocycles. The average molecular weight is 420 g/mol. The number of carbonyl (C=O) groups excluding carboxylic acids is 2.